The van der Waals surface area contributed by atoms with Crippen LogP contribution in [0.3, 0.4) is 0 Å². The van der Waals surface area contributed by atoms with Crippen molar-refractivity contribution in [2.24, 2.45) is 0 Å². The number of nitrogens with zero attached hydrogens (tertiary/aromatic N) is 1. The van der Waals surface area contributed by atoms with E-state index in [9.17, 15) is 9.90 Å². The Labute approximate surface area is 140 Å². The Kier molecular flexibility index (Phi) is 4.44. The van der Waals surface area contributed by atoms with Gasteiger partial charge in [0.1, 0.15) is 17.1 Å². The average Bonchev–Trinajstić information content (AvgIpc) is 3.18. The highest BCUT2D eigenvalue weighted by molar-refractivity contribution is 5.80. The molecule has 1 unspecified atom stereocenters. The summed E-state index contributed by atoms with van der Waals surface area (Å²) in [5, 5.41) is 14.4. The molecule has 3 aromatic rings. The summed E-state index contributed by atoms with van der Waals surface area (Å²) in [5.74, 6) is 1.09. The van der Waals surface area contributed by atoms with Gasteiger partial charge < -0.3 is 19.4 Å². The molecule has 0 aliphatic rings. The number of aromatic nitrogens is 1. The number of hydrogen-bond donors (Lipinski definition) is 2. The maximum atomic E-state index is 12.1. The number of benzene rings is 1. The highest BCUT2D eigenvalue weighted by Crippen LogP contribution is 2.22. The molecule has 1 amide bonds. The molecule has 2 N–H and O–H groups in total. The maximum absolute atomic E-state index is 12.1. The first kappa shape index (κ1) is 16.3. The van der Waals surface area contributed by atoms with Gasteiger partial charge in [0.2, 0.25) is 5.91 Å². The van der Waals surface area contributed by atoms with Gasteiger partial charge in [0, 0.05) is 24.7 Å². The minimum atomic E-state index is -1.22. The SMILES string of the molecule is Cc1ccc(C(C)(O)CNC(=O)CCn2ccc3ccccc32)o1. The van der Waals surface area contributed by atoms with Crippen LogP contribution in [0.2, 0.25) is 0 Å². The second kappa shape index (κ2) is 6.53. The number of amides is 1. The standard InChI is InChI=1S/C19H22N2O3/c1-14-7-8-17(24-14)19(2,23)13-20-18(22)10-12-21-11-9-15-5-3-4-6-16(15)21/h3-9,11,23H,10,12-13H2,1-2H3,(H,20,22). The molecule has 0 saturated carbocycles. The van der Waals surface area contributed by atoms with E-state index >= 15 is 0 Å². The topological polar surface area (TPSA) is 67.4 Å². The average molecular weight is 326 g/mol. The first-order valence-corrected chi connectivity index (χ1v) is 8.05. The van der Waals surface area contributed by atoms with Gasteiger partial charge in [-0.25, -0.2) is 0 Å². The third kappa shape index (κ3) is 3.51. The van der Waals surface area contributed by atoms with Gasteiger partial charge >= 0.3 is 0 Å². The largest absolute Gasteiger partial charge is 0.463 e. The molecule has 2 aromatic heterocycles. The van der Waals surface area contributed by atoms with Gasteiger partial charge in [-0.2, -0.15) is 0 Å². The summed E-state index contributed by atoms with van der Waals surface area (Å²) in [7, 11) is 0. The summed E-state index contributed by atoms with van der Waals surface area (Å²) in [6, 6.07) is 13.6. The van der Waals surface area contributed by atoms with Crippen LogP contribution in [0.1, 0.15) is 24.9 Å². The molecule has 5 nitrogen and oxygen atoms in total. The van der Waals surface area contributed by atoms with E-state index in [1.54, 1.807) is 19.1 Å². The summed E-state index contributed by atoms with van der Waals surface area (Å²) in [6.45, 7) is 4.16. The van der Waals surface area contributed by atoms with Crippen LogP contribution in [0.5, 0.6) is 0 Å². The molecular weight excluding hydrogens is 304 g/mol. The Hall–Kier alpha value is -2.53. The van der Waals surface area contributed by atoms with Gasteiger partial charge in [0.15, 0.2) is 0 Å². The lowest BCUT2D eigenvalue weighted by Gasteiger charge is -2.21. The minimum Gasteiger partial charge on any atom is -0.463 e. The molecular formula is C19H22N2O3. The normalized spacial score (nSPS) is 13.8. The first-order chi connectivity index (χ1) is 11.5. The molecule has 3 rings (SSSR count). The van der Waals surface area contributed by atoms with Crippen molar-refractivity contribution in [3.05, 3.63) is 60.2 Å². The van der Waals surface area contributed by atoms with E-state index in [4.69, 9.17) is 4.42 Å². The summed E-state index contributed by atoms with van der Waals surface area (Å²) < 4.78 is 7.50. The minimum absolute atomic E-state index is 0.101. The van der Waals surface area contributed by atoms with Crippen LogP contribution < -0.4 is 5.32 Å². The highest BCUT2D eigenvalue weighted by atomic mass is 16.4. The Morgan fingerprint density at radius 2 is 2.04 bits per heavy atom. The Morgan fingerprint density at radius 3 is 2.79 bits per heavy atom. The van der Waals surface area contributed by atoms with E-state index in [0.717, 1.165) is 16.7 Å². The zero-order valence-electron chi connectivity index (χ0n) is 14.0. The number of nitrogens with one attached hydrogen (secondary N) is 1. The van der Waals surface area contributed by atoms with Crippen molar-refractivity contribution in [3.63, 3.8) is 0 Å². The zero-order valence-corrected chi connectivity index (χ0v) is 14.0. The molecule has 0 aliphatic heterocycles. The van der Waals surface area contributed by atoms with E-state index in [1.807, 2.05) is 37.4 Å². The summed E-state index contributed by atoms with van der Waals surface area (Å²) in [5.41, 5.74) is -0.104. The van der Waals surface area contributed by atoms with Crippen molar-refractivity contribution in [3.8, 4) is 0 Å². The van der Waals surface area contributed by atoms with Gasteiger partial charge in [-0.1, -0.05) is 18.2 Å². The molecule has 1 atom stereocenters. The quantitative estimate of drug-likeness (QED) is 0.732. The van der Waals surface area contributed by atoms with Crippen LogP contribution in [0.4, 0.5) is 0 Å². The van der Waals surface area contributed by atoms with Crippen molar-refractivity contribution in [2.45, 2.75) is 32.4 Å². The fourth-order valence-electron chi connectivity index (χ4n) is 2.73. The van der Waals surface area contributed by atoms with Crippen LogP contribution in [0.25, 0.3) is 10.9 Å². The van der Waals surface area contributed by atoms with Crippen LogP contribution in [0, 0.1) is 6.92 Å². The third-order valence-electron chi connectivity index (χ3n) is 4.16. The molecule has 24 heavy (non-hydrogen) atoms. The fourth-order valence-corrected chi connectivity index (χ4v) is 2.73. The number of rotatable bonds is 6. The number of aliphatic hydroxyl groups is 1. The Balaban J connectivity index is 1.54. The lowest BCUT2D eigenvalue weighted by molar-refractivity contribution is -0.122. The van der Waals surface area contributed by atoms with Crippen molar-refractivity contribution < 1.29 is 14.3 Å². The molecule has 0 spiro atoms. The van der Waals surface area contributed by atoms with Gasteiger partial charge in [-0.3, -0.25) is 4.79 Å². The highest BCUT2D eigenvalue weighted by Gasteiger charge is 2.27. The first-order valence-electron chi connectivity index (χ1n) is 8.05. The number of aryl methyl sites for hydroxylation is 2. The van der Waals surface area contributed by atoms with Gasteiger partial charge in [-0.05, 0) is 43.5 Å². The van der Waals surface area contributed by atoms with Crippen LogP contribution in [-0.4, -0.2) is 22.1 Å². The second-order valence-electron chi connectivity index (χ2n) is 6.28. The molecule has 0 aliphatic carbocycles. The van der Waals surface area contributed by atoms with Crippen molar-refractivity contribution in [1.82, 2.24) is 9.88 Å². The van der Waals surface area contributed by atoms with Gasteiger partial charge in [-0.15, -0.1) is 0 Å². The number of para-hydroxylation sites is 1. The smallest absolute Gasteiger partial charge is 0.221 e. The van der Waals surface area contributed by atoms with Crippen molar-refractivity contribution >= 4 is 16.8 Å². The number of carbonyl (C=O) groups is 1. The van der Waals surface area contributed by atoms with E-state index < -0.39 is 5.60 Å². The predicted octanol–water partition coefficient (Wildman–Crippen LogP) is 2.96. The summed E-state index contributed by atoms with van der Waals surface area (Å²) >= 11 is 0. The van der Waals surface area contributed by atoms with Crippen molar-refractivity contribution in [2.75, 3.05) is 6.54 Å². The molecule has 1 aromatic carbocycles. The monoisotopic (exact) mass is 326 g/mol. The van der Waals surface area contributed by atoms with E-state index in [2.05, 4.69) is 16.0 Å². The Morgan fingerprint density at radius 1 is 1.25 bits per heavy atom. The van der Waals surface area contributed by atoms with E-state index in [1.165, 1.54) is 0 Å². The molecule has 0 bridgehead atoms. The van der Waals surface area contributed by atoms with Gasteiger partial charge in [0.25, 0.3) is 0 Å². The van der Waals surface area contributed by atoms with Crippen molar-refractivity contribution in [1.29, 1.82) is 0 Å². The lowest BCUT2D eigenvalue weighted by Crippen LogP contribution is -2.38. The zero-order chi connectivity index (χ0) is 17.2. The molecule has 0 saturated heterocycles. The molecule has 126 valence electrons. The molecule has 0 fully saturated rings. The lowest BCUT2D eigenvalue weighted by atomic mass is 10.0. The van der Waals surface area contributed by atoms with E-state index in [-0.39, 0.29) is 12.5 Å². The van der Waals surface area contributed by atoms with Crippen LogP contribution in [0.15, 0.2) is 53.1 Å². The number of hydrogen-bond acceptors (Lipinski definition) is 3. The molecule has 2 heterocycles. The summed E-state index contributed by atoms with van der Waals surface area (Å²) in [4.78, 5) is 12.1. The van der Waals surface area contributed by atoms with E-state index in [0.29, 0.717) is 18.7 Å². The predicted molar refractivity (Wildman–Crippen MR) is 92.6 cm³/mol. The fraction of sp³-hybridized carbons (Fsp3) is 0.316. The Bertz CT molecular complexity index is 845. The number of fused-ring (bicyclic) bond motifs is 1. The van der Waals surface area contributed by atoms with Crippen LogP contribution >= 0.6 is 0 Å². The van der Waals surface area contributed by atoms with Crippen LogP contribution in [-0.2, 0) is 16.9 Å². The maximum Gasteiger partial charge on any atom is 0.221 e. The third-order valence-corrected chi connectivity index (χ3v) is 4.16. The molecule has 5 heteroatoms. The summed E-state index contributed by atoms with van der Waals surface area (Å²) in [6.07, 6.45) is 2.34. The number of carbonyl (C=O) groups excluding carboxylic acids is 1. The number of furan rings is 1. The molecule has 0 radical (unpaired) electrons. The second-order valence-corrected chi connectivity index (χ2v) is 6.28. The van der Waals surface area contributed by atoms with Gasteiger partial charge in [0.05, 0.1) is 6.54 Å².